The lowest BCUT2D eigenvalue weighted by Gasteiger charge is -2.18. The molecule has 1 atom stereocenters. The first-order valence-electron chi connectivity index (χ1n) is 8.47. The van der Waals surface area contributed by atoms with Crippen LogP contribution in [0.5, 0.6) is 5.75 Å². The summed E-state index contributed by atoms with van der Waals surface area (Å²) in [5, 5.41) is 13.0. The average Bonchev–Trinajstić information content (AvgIpc) is 3.16. The van der Waals surface area contributed by atoms with Gasteiger partial charge in [0, 0.05) is 12.0 Å². The van der Waals surface area contributed by atoms with E-state index in [4.69, 9.17) is 17.3 Å². The summed E-state index contributed by atoms with van der Waals surface area (Å²) in [5.41, 5.74) is 6.41. The van der Waals surface area contributed by atoms with Crippen LogP contribution in [0.15, 0.2) is 36.4 Å². The van der Waals surface area contributed by atoms with Crippen molar-refractivity contribution in [3.8, 4) is 17.1 Å². The molecule has 0 aliphatic carbocycles. The van der Waals surface area contributed by atoms with Gasteiger partial charge in [-0.15, -0.1) is 23.4 Å². The maximum atomic E-state index is 14.2. The van der Waals surface area contributed by atoms with E-state index < -0.39 is 29.8 Å². The van der Waals surface area contributed by atoms with Crippen molar-refractivity contribution in [1.82, 2.24) is 20.6 Å². The smallest absolute Gasteiger partial charge is 0.404 e. The number of tetrazole rings is 1. The van der Waals surface area contributed by atoms with E-state index in [2.05, 4.69) is 25.4 Å². The molecule has 0 aliphatic rings. The van der Waals surface area contributed by atoms with Crippen LogP contribution in [0.25, 0.3) is 11.4 Å². The van der Waals surface area contributed by atoms with E-state index in [1.165, 1.54) is 24.3 Å². The second-order valence-electron chi connectivity index (χ2n) is 6.39. The molecule has 158 valence electrons. The summed E-state index contributed by atoms with van der Waals surface area (Å²) in [6, 6.07) is 7.80. The molecule has 0 fully saturated rings. The van der Waals surface area contributed by atoms with Crippen molar-refractivity contribution in [2.24, 2.45) is 5.73 Å². The molecule has 1 amide bonds. The zero-order valence-electron chi connectivity index (χ0n) is 15.1. The van der Waals surface area contributed by atoms with E-state index >= 15 is 0 Å². The number of primary amides is 1. The number of aromatic nitrogens is 4. The third-order valence-electron chi connectivity index (χ3n) is 4.15. The number of alkyl halides is 3. The Bertz CT molecular complexity index is 1040. The summed E-state index contributed by atoms with van der Waals surface area (Å²) in [4.78, 5) is 11.6. The highest BCUT2D eigenvalue weighted by atomic mass is 35.5. The number of nitrogens with two attached hydrogens (primary N) is 1. The average molecular weight is 444 g/mol. The number of amides is 1. The largest absolute Gasteiger partial charge is 0.573 e. The molecule has 0 aliphatic heterocycles. The minimum atomic E-state index is -4.92. The molecule has 0 saturated heterocycles. The number of H-pyrrole nitrogens is 1. The molecule has 1 aromatic heterocycles. The number of ether oxygens (including phenoxy) is 1. The normalized spacial score (nSPS) is 12.6. The van der Waals surface area contributed by atoms with Gasteiger partial charge in [-0.05, 0) is 59.0 Å². The Morgan fingerprint density at radius 3 is 2.63 bits per heavy atom. The van der Waals surface area contributed by atoms with Gasteiger partial charge in [0.25, 0.3) is 0 Å². The Morgan fingerprint density at radius 2 is 2.00 bits per heavy atom. The number of hydrogen-bond acceptors (Lipinski definition) is 5. The quantitative estimate of drug-likeness (QED) is 0.541. The molecule has 7 nitrogen and oxygen atoms in total. The number of carbonyl (C=O) groups is 1. The molecule has 3 rings (SSSR count). The molecule has 1 unspecified atom stereocenters. The van der Waals surface area contributed by atoms with Crippen molar-refractivity contribution in [3.63, 3.8) is 0 Å². The Hall–Kier alpha value is -3.21. The highest BCUT2D eigenvalue weighted by molar-refractivity contribution is 6.32. The SMILES string of the molecule is NC(=O)CC(Cc1ccc(Cl)c(OC(F)(F)F)c1)c1cc(F)cc(-c2nn[nH]n2)c1. The first kappa shape index (κ1) is 21.5. The van der Waals surface area contributed by atoms with Crippen LogP contribution in [-0.4, -0.2) is 32.9 Å². The van der Waals surface area contributed by atoms with Gasteiger partial charge in [-0.3, -0.25) is 4.79 Å². The van der Waals surface area contributed by atoms with Crippen LogP contribution in [0.3, 0.4) is 0 Å². The topological polar surface area (TPSA) is 107 Å². The predicted molar refractivity (Wildman–Crippen MR) is 98.0 cm³/mol. The van der Waals surface area contributed by atoms with Gasteiger partial charge in [0.2, 0.25) is 11.7 Å². The number of carbonyl (C=O) groups excluding carboxylic acids is 1. The van der Waals surface area contributed by atoms with Crippen molar-refractivity contribution in [1.29, 1.82) is 0 Å². The zero-order valence-corrected chi connectivity index (χ0v) is 15.8. The van der Waals surface area contributed by atoms with Crippen LogP contribution in [0, 0.1) is 5.82 Å². The van der Waals surface area contributed by atoms with Crippen molar-refractivity contribution in [3.05, 3.63) is 58.4 Å². The number of aromatic amines is 1. The zero-order chi connectivity index (χ0) is 21.9. The van der Waals surface area contributed by atoms with Crippen LogP contribution in [-0.2, 0) is 11.2 Å². The molecule has 1 heterocycles. The van der Waals surface area contributed by atoms with Crippen molar-refractivity contribution >= 4 is 17.5 Å². The number of hydrogen-bond donors (Lipinski definition) is 2. The second-order valence-corrected chi connectivity index (χ2v) is 6.80. The molecule has 3 N–H and O–H groups in total. The summed E-state index contributed by atoms with van der Waals surface area (Å²) >= 11 is 5.77. The molecule has 2 aromatic carbocycles. The van der Waals surface area contributed by atoms with Gasteiger partial charge < -0.3 is 10.5 Å². The molecule has 30 heavy (non-hydrogen) atoms. The second kappa shape index (κ2) is 8.66. The Balaban J connectivity index is 1.95. The summed E-state index contributed by atoms with van der Waals surface area (Å²) < 4.78 is 55.8. The summed E-state index contributed by atoms with van der Waals surface area (Å²) in [6.45, 7) is 0. The first-order valence-corrected chi connectivity index (χ1v) is 8.85. The fraction of sp³-hybridized carbons (Fsp3) is 0.222. The lowest BCUT2D eigenvalue weighted by atomic mass is 9.88. The van der Waals surface area contributed by atoms with Crippen LogP contribution >= 0.6 is 11.6 Å². The summed E-state index contributed by atoms with van der Waals surface area (Å²) in [5.74, 6) is -2.35. The third-order valence-corrected chi connectivity index (χ3v) is 4.46. The lowest BCUT2D eigenvalue weighted by Crippen LogP contribution is -2.18. The van der Waals surface area contributed by atoms with Gasteiger partial charge >= 0.3 is 6.36 Å². The minimum Gasteiger partial charge on any atom is -0.404 e. The first-order chi connectivity index (χ1) is 14.1. The maximum Gasteiger partial charge on any atom is 0.573 e. The Labute approximate surface area is 172 Å². The van der Waals surface area contributed by atoms with Crippen LogP contribution in [0.1, 0.15) is 23.5 Å². The summed E-state index contributed by atoms with van der Waals surface area (Å²) in [6.07, 6.45) is -5.02. The van der Waals surface area contributed by atoms with Gasteiger partial charge in [-0.2, -0.15) is 5.21 Å². The van der Waals surface area contributed by atoms with E-state index in [9.17, 15) is 22.4 Å². The minimum absolute atomic E-state index is 0.0729. The van der Waals surface area contributed by atoms with Gasteiger partial charge in [-0.1, -0.05) is 17.7 Å². The maximum absolute atomic E-state index is 14.2. The molecule has 3 aromatic rings. The number of halogens is 5. The fourth-order valence-corrected chi connectivity index (χ4v) is 3.13. The van der Waals surface area contributed by atoms with Gasteiger partial charge in [0.1, 0.15) is 11.6 Å². The number of nitrogens with one attached hydrogen (secondary N) is 1. The molecular weight excluding hydrogens is 430 g/mol. The van der Waals surface area contributed by atoms with Crippen molar-refractivity contribution < 1.29 is 27.1 Å². The summed E-state index contributed by atoms with van der Waals surface area (Å²) in [7, 11) is 0. The molecule has 0 radical (unpaired) electrons. The molecule has 0 bridgehead atoms. The Kier molecular flexibility index (Phi) is 6.20. The third kappa shape index (κ3) is 5.66. The Morgan fingerprint density at radius 1 is 1.23 bits per heavy atom. The predicted octanol–water partition coefficient (Wildman–Crippen LogP) is 3.76. The highest BCUT2D eigenvalue weighted by Crippen LogP contribution is 2.34. The molecular formula is C18H14ClF4N5O2. The van der Waals surface area contributed by atoms with Crippen molar-refractivity contribution in [2.45, 2.75) is 25.1 Å². The number of benzene rings is 2. The van der Waals surface area contributed by atoms with E-state index in [0.717, 1.165) is 6.07 Å². The van der Waals surface area contributed by atoms with Crippen LogP contribution < -0.4 is 10.5 Å². The number of nitrogens with zero attached hydrogens (tertiary/aromatic N) is 3. The molecule has 0 saturated carbocycles. The van der Waals surface area contributed by atoms with Gasteiger partial charge in [-0.25, -0.2) is 4.39 Å². The van der Waals surface area contributed by atoms with E-state index in [1.807, 2.05) is 0 Å². The van der Waals surface area contributed by atoms with Crippen LogP contribution in [0.2, 0.25) is 5.02 Å². The lowest BCUT2D eigenvalue weighted by molar-refractivity contribution is -0.274. The van der Waals surface area contributed by atoms with Crippen LogP contribution in [0.4, 0.5) is 17.6 Å². The van der Waals surface area contributed by atoms with Gasteiger partial charge in [0.05, 0.1) is 5.02 Å². The van der Waals surface area contributed by atoms with Crippen molar-refractivity contribution in [2.75, 3.05) is 0 Å². The van der Waals surface area contributed by atoms with E-state index in [0.29, 0.717) is 16.7 Å². The van der Waals surface area contributed by atoms with E-state index in [-0.39, 0.29) is 23.7 Å². The van der Waals surface area contributed by atoms with E-state index in [1.54, 1.807) is 6.07 Å². The highest BCUT2D eigenvalue weighted by Gasteiger charge is 2.32. The molecule has 12 heteroatoms. The fourth-order valence-electron chi connectivity index (χ4n) is 2.97. The standard InChI is InChI=1S/C18H14ClF4N5O2/c19-14-2-1-9(4-15(14)30-18(21,22)23)3-10(8-16(24)29)11-5-12(7-13(20)6-11)17-25-27-28-26-17/h1-2,4-7,10H,3,8H2,(H2,24,29)(H,25,26,27,28). The monoisotopic (exact) mass is 443 g/mol. The van der Waals surface area contributed by atoms with Gasteiger partial charge in [0.15, 0.2) is 0 Å². The number of rotatable bonds is 7. The molecule has 0 spiro atoms.